The van der Waals surface area contributed by atoms with Crippen molar-refractivity contribution in [2.75, 3.05) is 13.7 Å². The van der Waals surface area contributed by atoms with Gasteiger partial charge in [0.2, 0.25) is 0 Å². The number of hydrogen-bond donors (Lipinski definition) is 1. The standard InChI is InChI=1S/C16H24N2O/c1-13(2)17-12-15-11-14-7-4-5-8-16(14)18(15)9-6-10-19-3/h4-5,7-8,11,13,17H,6,9-10,12H2,1-3H3. The minimum Gasteiger partial charge on any atom is -0.385 e. The Morgan fingerprint density at radius 1 is 1.26 bits per heavy atom. The quantitative estimate of drug-likeness (QED) is 0.774. The number of benzene rings is 1. The van der Waals surface area contributed by atoms with Gasteiger partial charge in [-0.1, -0.05) is 32.0 Å². The summed E-state index contributed by atoms with van der Waals surface area (Å²) in [6.45, 7) is 7.09. The first kappa shape index (κ1) is 14.1. The lowest BCUT2D eigenvalue weighted by Crippen LogP contribution is -2.23. The van der Waals surface area contributed by atoms with Gasteiger partial charge in [0, 0.05) is 44.1 Å². The Bertz CT molecular complexity index is 516. The van der Waals surface area contributed by atoms with E-state index in [1.165, 1.54) is 16.6 Å². The van der Waals surface area contributed by atoms with E-state index >= 15 is 0 Å². The van der Waals surface area contributed by atoms with Gasteiger partial charge in [0.1, 0.15) is 0 Å². The maximum absolute atomic E-state index is 5.16. The molecule has 0 amide bonds. The fraction of sp³-hybridized carbons (Fsp3) is 0.500. The average molecular weight is 260 g/mol. The molecule has 2 aromatic rings. The second kappa shape index (κ2) is 6.73. The minimum absolute atomic E-state index is 0.505. The predicted molar refractivity (Wildman–Crippen MR) is 80.4 cm³/mol. The SMILES string of the molecule is COCCCn1c(CNC(C)C)cc2ccccc21. The zero-order valence-electron chi connectivity index (χ0n) is 12.1. The molecule has 0 bridgehead atoms. The Balaban J connectivity index is 2.23. The van der Waals surface area contributed by atoms with Crippen LogP contribution >= 0.6 is 0 Å². The van der Waals surface area contributed by atoms with Gasteiger partial charge in [0.05, 0.1) is 0 Å². The fourth-order valence-corrected chi connectivity index (χ4v) is 2.35. The van der Waals surface area contributed by atoms with Crippen molar-refractivity contribution in [3.05, 3.63) is 36.0 Å². The van der Waals surface area contributed by atoms with Crippen LogP contribution < -0.4 is 5.32 Å². The molecule has 2 rings (SSSR count). The molecule has 1 aromatic heterocycles. The normalized spacial score (nSPS) is 11.6. The molecule has 1 aromatic carbocycles. The number of nitrogens with one attached hydrogen (secondary N) is 1. The number of nitrogens with zero attached hydrogens (tertiary/aromatic N) is 1. The topological polar surface area (TPSA) is 26.2 Å². The highest BCUT2D eigenvalue weighted by Gasteiger charge is 2.08. The summed E-state index contributed by atoms with van der Waals surface area (Å²) in [5.74, 6) is 0. The van der Waals surface area contributed by atoms with Crippen molar-refractivity contribution in [3.8, 4) is 0 Å². The number of hydrogen-bond acceptors (Lipinski definition) is 2. The van der Waals surface area contributed by atoms with E-state index in [9.17, 15) is 0 Å². The van der Waals surface area contributed by atoms with Crippen molar-refractivity contribution >= 4 is 10.9 Å². The molecular weight excluding hydrogens is 236 g/mol. The first-order chi connectivity index (χ1) is 9.22. The van der Waals surface area contributed by atoms with Crippen molar-refractivity contribution in [1.82, 2.24) is 9.88 Å². The van der Waals surface area contributed by atoms with Crippen LogP contribution in [0.5, 0.6) is 0 Å². The van der Waals surface area contributed by atoms with Gasteiger partial charge < -0.3 is 14.6 Å². The Hall–Kier alpha value is -1.32. The smallest absolute Gasteiger partial charge is 0.0482 e. The molecule has 3 heteroatoms. The molecule has 19 heavy (non-hydrogen) atoms. The molecule has 0 atom stereocenters. The summed E-state index contributed by atoms with van der Waals surface area (Å²) in [6, 6.07) is 11.4. The second-order valence-electron chi connectivity index (χ2n) is 5.23. The van der Waals surface area contributed by atoms with E-state index in [0.29, 0.717) is 6.04 Å². The van der Waals surface area contributed by atoms with E-state index in [1.807, 2.05) is 0 Å². The third-order valence-electron chi connectivity index (χ3n) is 3.32. The van der Waals surface area contributed by atoms with Crippen molar-refractivity contribution in [1.29, 1.82) is 0 Å². The Morgan fingerprint density at radius 2 is 2.05 bits per heavy atom. The van der Waals surface area contributed by atoms with Crippen LogP contribution in [0.2, 0.25) is 0 Å². The Kier molecular flexibility index (Phi) is 5.00. The molecule has 0 radical (unpaired) electrons. The molecule has 3 nitrogen and oxygen atoms in total. The van der Waals surface area contributed by atoms with Gasteiger partial charge >= 0.3 is 0 Å². The number of methoxy groups -OCH3 is 1. The highest BCUT2D eigenvalue weighted by molar-refractivity contribution is 5.81. The number of rotatable bonds is 7. The fourth-order valence-electron chi connectivity index (χ4n) is 2.35. The predicted octanol–water partition coefficient (Wildman–Crippen LogP) is 3.18. The zero-order valence-corrected chi connectivity index (χ0v) is 12.1. The van der Waals surface area contributed by atoms with Crippen molar-refractivity contribution < 1.29 is 4.74 Å². The number of ether oxygens (including phenoxy) is 1. The van der Waals surface area contributed by atoms with E-state index in [-0.39, 0.29) is 0 Å². The van der Waals surface area contributed by atoms with Crippen LogP contribution in [0.15, 0.2) is 30.3 Å². The van der Waals surface area contributed by atoms with Gasteiger partial charge in [-0.25, -0.2) is 0 Å². The number of para-hydroxylation sites is 1. The zero-order chi connectivity index (χ0) is 13.7. The molecule has 1 N–H and O–H groups in total. The summed E-state index contributed by atoms with van der Waals surface area (Å²) in [5.41, 5.74) is 2.67. The first-order valence-electron chi connectivity index (χ1n) is 7.02. The van der Waals surface area contributed by atoms with Crippen molar-refractivity contribution in [3.63, 3.8) is 0 Å². The molecule has 0 saturated carbocycles. The van der Waals surface area contributed by atoms with E-state index in [2.05, 4.69) is 54.1 Å². The summed E-state index contributed by atoms with van der Waals surface area (Å²) in [7, 11) is 1.76. The van der Waals surface area contributed by atoms with E-state index in [0.717, 1.165) is 26.1 Å². The van der Waals surface area contributed by atoms with Crippen LogP contribution in [0.25, 0.3) is 10.9 Å². The lowest BCUT2D eigenvalue weighted by Gasteiger charge is -2.13. The van der Waals surface area contributed by atoms with Crippen LogP contribution in [0.1, 0.15) is 26.0 Å². The molecule has 0 unspecified atom stereocenters. The van der Waals surface area contributed by atoms with E-state index in [1.54, 1.807) is 7.11 Å². The molecular formula is C16H24N2O. The average Bonchev–Trinajstić information content (AvgIpc) is 2.75. The van der Waals surface area contributed by atoms with E-state index in [4.69, 9.17) is 4.74 Å². The molecule has 0 spiro atoms. The van der Waals surface area contributed by atoms with Crippen LogP contribution in [-0.2, 0) is 17.8 Å². The van der Waals surface area contributed by atoms with Crippen molar-refractivity contribution in [2.24, 2.45) is 0 Å². The molecule has 0 saturated heterocycles. The molecule has 104 valence electrons. The van der Waals surface area contributed by atoms with Gasteiger partial charge in [-0.05, 0) is 23.9 Å². The molecule has 0 fully saturated rings. The lowest BCUT2D eigenvalue weighted by molar-refractivity contribution is 0.190. The second-order valence-corrected chi connectivity index (χ2v) is 5.23. The van der Waals surface area contributed by atoms with Gasteiger partial charge in [0.15, 0.2) is 0 Å². The summed E-state index contributed by atoms with van der Waals surface area (Å²) in [6.07, 6.45) is 1.05. The monoisotopic (exact) mass is 260 g/mol. The van der Waals surface area contributed by atoms with Crippen LogP contribution in [0, 0.1) is 0 Å². The Morgan fingerprint density at radius 3 is 2.79 bits per heavy atom. The number of aromatic nitrogens is 1. The van der Waals surface area contributed by atoms with Crippen LogP contribution in [0.3, 0.4) is 0 Å². The third kappa shape index (κ3) is 3.58. The lowest BCUT2D eigenvalue weighted by atomic mass is 10.2. The summed E-state index contributed by atoms with van der Waals surface area (Å²) in [4.78, 5) is 0. The maximum atomic E-state index is 5.16. The van der Waals surface area contributed by atoms with Gasteiger partial charge in [-0.3, -0.25) is 0 Å². The third-order valence-corrected chi connectivity index (χ3v) is 3.32. The number of aryl methyl sites for hydroxylation is 1. The van der Waals surface area contributed by atoms with Gasteiger partial charge in [0.25, 0.3) is 0 Å². The molecule has 0 aliphatic heterocycles. The largest absolute Gasteiger partial charge is 0.385 e. The van der Waals surface area contributed by atoms with Crippen LogP contribution in [0.4, 0.5) is 0 Å². The highest BCUT2D eigenvalue weighted by Crippen LogP contribution is 2.20. The highest BCUT2D eigenvalue weighted by atomic mass is 16.5. The van der Waals surface area contributed by atoms with Crippen LogP contribution in [-0.4, -0.2) is 24.3 Å². The van der Waals surface area contributed by atoms with Crippen molar-refractivity contribution in [2.45, 2.75) is 39.4 Å². The minimum atomic E-state index is 0.505. The number of fused-ring (bicyclic) bond motifs is 1. The van der Waals surface area contributed by atoms with E-state index < -0.39 is 0 Å². The molecule has 1 heterocycles. The summed E-state index contributed by atoms with van der Waals surface area (Å²) >= 11 is 0. The van der Waals surface area contributed by atoms with Gasteiger partial charge in [-0.15, -0.1) is 0 Å². The summed E-state index contributed by atoms with van der Waals surface area (Å²) in [5, 5.41) is 4.82. The maximum Gasteiger partial charge on any atom is 0.0482 e. The van der Waals surface area contributed by atoms with Gasteiger partial charge in [-0.2, -0.15) is 0 Å². The molecule has 0 aliphatic rings. The Labute approximate surface area is 115 Å². The molecule has 0 aliphatic carbocycles. The first-order valence-corrected chi connectivity index (χ1v) is 7.02. The summed E-state index contributed by atoms with van der Waals surface area (Å²) < 4.78 is 7.57.